The lowest BCUT2D eigenvalue weighted by molar-refractivity contribution is 0.0567. The molecule has 3 heterocycles. The van der Waals surface area contributed by atoms with E-state index < -0.39 is 0 Å². The molecule has 1 amide bonds. The summed E-state index contributed by atoms with van der Waals surface area (Å²) in [5, 5.41) is 4.19. The second kappa shape index (κ2) is 9.73. The highest BCUT2D eigenvalue weighted by Crippen LogP contribution is 2.29. The summed E-state index contributed by atoms with van der Waals surface area (Å²) in [6.45, 7) is 1.29. The third-order valence-corrected chi connectivity index (χ3v) is 5.85. The molecule has 4 rings (SSSR count). The normalized spacial score (nSPS) is 16.3. The molecule has 0 N–H and O–H groups in total. The Labute approximate surface area is 182 Å². The van der Waals surface area contributed by atoms with Gasteiger partial charge in [0.1, 0.15) is 5.76 Å². The summed E-state index contributed by atoms with van der Waals surface area (Å²) in [5.41, 5.74) is 1.18. The Morgan fingerprint density at radius 2 is 2.03 bits per heavy atom. The van der Waals surface area contributed by atoms with Crippen LogP contribution in [-0.2, 0) is 13.0 Å². The molecule has 0 aliphatic carbocycles. The Balaban J connectivity index is 1.41. The molecule has 0 radical (unpaired) electrons. The van der Waals surface area contributed by atoms with Gasteiger partial charge in [-0.05, 0) is 68.0 Å². The van der Waals surface area contributed by atoms with E-state index in [0.717, 1.165) is 55.9 Å². The minimum Gasteiger partial charge on any atom is -0.493 e. The van der Waals surface area contributed by atoms with E-state index in [1.807, 2.05) is 35.4 Å². The van der Waals surface area contributed by atoms with Crippen LogP contribution in [0.4, 0.5) is 0 Å². The lowest BCUT2D eigenvalue weighted by Gasteiger charge is -2.35. The molecule has 7 heteroatoms. The van der Waals surface area contributed by atoms with Gasteiger partial charge in [0, 0.05) is 25.0 Å². The van der Waals surface area contributed by atoms with E-state index in [-0.39, 0.29) is 11.9 Å². The molecule has 3 aromatic rings. The molecule has 1 atom stereocenters. The van der Waals surface area contributed by atoms with E-state index in [1.54, 1.807) is 31.2 Å². The molecular formula is C24H29N3O4. The highest BCUT2D eigenvalue weighted by molar-refractivity contribution is 5.91. The van der Waals surface area contributed by atoms with Crippen LogP contribution in [0.5, 0.6) is 11.5 Å². The summed E-state index contributed by atoms with van der Waals surface area (Å²) in [6, 6.07) is 11.7. The molecule has 164 valence electrons. The topological polar surface area (TPSA) is 69.7 Å². The summed E-state index contributed by atoms with van der Waals surface area (Å²) in [6.07, 6.45) is 8.56. The SMILES string of the molecule is COc1ccc(CCC2CCCCN2C(=O)c2ccc(Cn3cccn3)o2)cc1OC. The van der Waals surface area contributed by atoms with E-state index in [9.17, 15) is 4.79 Å². The molecule has 7 nitrogen and oxygen atoms in total. The summed E-state index contributed by atoms with van der Waals surface area (Å²) in [4.78, 5) is 15.2. The molecule has 2 aromatic heterocycles. The number of hydrogen-bond acceptors (Lipinski definition) is 5. The standard InChI is InChI=1S/C24H29N3O4/c1-29-21-11-8-18(16-23(21)30-2)7-9-19-6-3-4-15-27(19)24(28)22-12-10-20(31-22)17-26-14-5-13-25-26/h5,8,10-14,16,19H,3-4,6-7,9,15,17H2,1-2H3. The minimum absolute atomic E-state index is 0.0243. The molecule has 1 aliphatic rings. The maximum Gasteiger partial charge on any atom is 0.289 e. The lowest BCUT2D eigenvalue weighted by Crippen LogP contribution is -2.43. The predicted molar refractivity (Wildman–Crippen MR) is 117 cm³/mol. The van der Waals surface area contributed by atoms with Crippen molar-refractivity contribution in [3.05, 3.63) is 65.9 Å². The first kappa shape index (κ1) is 21.0. The van der Waals surface area contributed by atoms with Gasteiger partial charge in [-0.25, -0.2) is 0 Å². The van der Waals surface area contributed by atoms with Crippen molar-refractivity contribution in [1.82, 2.24) is 14.7 Å². The molecular weight excluding hydrogens is 394 g/mol. The van der Waals surface area contributed by atoms with Crippen LogP contribution in [-0.4, -0.2) is 47.4 Å². The van der Waals surface area contributed by atoms with E-state index in [1.165, 1.54) is 5.56 Å². The van der Waals surface area contributed by atoms with Crippen molar-refractivity contribution in [3.8, 4) is 11.5 Å². The third-order valence-electron chi connectivity index (χ3n) is 5.85. The Kier molecular flexibility index (Phi) is 6.60. The van der Waals surface area contributed by atoms with E-state index in [4.69, 9.17) is 13.9 Å². The number of likely N-dealkylation sites (tertiary alicyclic amines) is 1. The predicted octanol–water partition coefficient (Wildman–Crippen LogP) is 4.17. The van der Waals surface area contributed by atoms with Crippen LogP contribution >= 0.6 is 0 Å². The van der Waals surface area contributed by atoms with Crippen LogP contribution in [0.2, 0.25) is 0 Å². The van der Waals surface area contributed by atoms with Crippen LogP contribution in [0.25, 0.3) is 0 Å². The van der Waals surface area contributed by atoms with E-state index >= 15 is 0 Å². The van der Waals surface area contributed by atoms with Crippen molar-refractivity contribution in [2.75, 3.05) is 20.8 Å². The number of aryl methyl sites for hydroxylation is 1. The molecule has 0 bridgehead atoms. The van der Waals surface area contributed by atoms with Crippen LogP contribution in [0.15, 0.2) is 53.2 Å². The molecule has 1 unspecified atom stereocenters. The molecule has 31 heavy (non-hydrogen) atoms. The van der Waals surface area contributed by atoms with E-state index in [0.29, 0.717) is 12.3 Å². The third kappa shape index (κ3) is 4.93. The fourth-order valence-electron chi connectivity index (χ4n) is 4.21. The quantitative estimate of drug-likeness (QED) is 0.544. The Hall–Kier alpha value is -3.22. The van der Waals surface area contributed by atoms with Crippen molar-refractivity contribution in [3.63, 3.8) is 0 Å². The number of aromatic nitrogens is 2. The average molecular weight is 424 g/mol. The molecule has 0 saturated carbocycles. The lowest BCUT2D eigenvalue weighted by atomic mass is 9.95. The van der Waals surface area contributed by atoms with Gasteiger partial charge in [0.15, 0.2) is 17.3 Å². The Bertz CT molecular complexity index is 996. The fraction of sp³-hybridized carbons (Fsp3) is 0.417. The second-order valence-electron chi connectivity index (χ2n) is 7.85. The number of rotatable bonds is 8. The van der Waals surface area contributed by atoms with Gasteiger partial charge >= 0.3 is 0 Å². The van der Waals surface area contributed by atoms with Gasteiger partial charge in [0.05, 0.1) is 20.8 Å². The Morgan fingerprint density at radius 1 is 1.16 bits per heavy atom. The van der Waals surface area contributed by atoms with Gasteiger partial charge in [-0.2, -0.15) is 5.10 Å². The zero-order valence-corrected chi connectivity index (χ0v) is 18.1. The van der Waals surface area contributed by atoms with Crippen LogP contribution < -0.4 is 9.47 Å². The maximum absolute atomic E-state index is 13.2. The number of carbonyl (C=O) groups is 1. The number of amides is 1. The average Bonchev–Trinajstić information content (AvgIpc) is 3.50. The van der Waals surface area contributed by atoms with Gasteiger partial charge in [0.25, 0.3) is 5.91 Å². The number of nitrogens with zero attached hydrogens (tertiary/aromatic N) is 3. The molecule has 1 aromatic carbocycles. The van der Waals surface area contributed by atoms with Crippen molar-refractivity contribution in [1.29, 1.82) is 0 Å². The van der Waals surface area contributed by atoms with Crippen LogP contribution in [0.1, 0.15) is 47.6 Å². The zero-order valence-electron chi connectivity index (χ0n) is 18.1. The van der Waals surface area contributed by atoms with Gasteiger partial charge in [0.2, 0.25) is 0 Å². The summed E-state index contributed by atoms with van der Waals surface area (Å²) >= 11 is 0. The van der Waals surface area contributed by atoms with Gasteiger partial charge in [-0.3, -0.25) is 9.48 Å². The molecule has 1 saturated heterocycles. The van der Waals surface area contributed by atoms with Gasteiger partial charge in [-0.15, -0.1) is 0 Å². The van der Waals surface area contributed by atoms with Gasteiger partial charge < -0.3 is 18.8 Å². The first-order valence-corrected chi connectivity index (χ1v) is 10.8. The minimum atomic E-state index is -0.0243. The van der Waals surface area contributed by atoms with Crippen LogP contribution in [0, 0.1) is 0 Å². The number of carbonyl (C=O) groups excluding carboxylic acids is 1. The molecule has 0 spiro atoms. The van der Waals surface area contributed by atoms with Crippen molar-refractivity contribution < 1.29 is 18.7 Å². The first-order chi connectivity index (χ1) is 15.2. The number of methoxy groups -OCH3 is 2. The van der Waals surface area contributed by atoms with E-state index in [2.05, 4.69) is 11.2 Å². The monoisotopic (exact) mass is 423 g/mol. The highest BCUT2D eigenvalue weighted by Gasteiger charge is 2.29. The van der Waals surface area contributed by atoms with Crippen molar-refractivity contribution in [2.45, 2.75) is 44.7 Å². The van der Waals surface area contributed by atoms with Crippen molar-refractivity contribution in [2.24, 2.45) is 0 Å². The Morgan fingerprint density at radius 3 is 2.81 bits per heavy atom. The first-order valence-electron chi connectivity index (χ1n) is 10.8. The fourth-order valence-corrected chi connectivity index (χ4v) is 4.21. The molecule has 1 aliphatic heterocycles. The summed E-state index contributed by atoms with van der Waals surface area (Å²) < 4.78 is 18.4. The van der Waals surface area contributed by atoms with Crippen LogP contribution in [0.3, 0.4) is 0 Å². The summed E-state index contributed by atoms with van der Waals surface area (Å²) in [7, 11) is 3.28. The number of benzene rings is 1. The largest absolute Gasteiger partial charge is 0.493 e. The zero-order chi connectivity index (χ0) is 21.6. The number of hydrogen-bond donors (Lipinski definition) is 0. The summed E-state index contributed by atoms with van der Waals surface area (Å²) in [5.74, 6) is 2.57. The molecule has 1 fully saturated rings. The highest BCUT2D eigenvalue weighted by atomic mass is 16.5. The number of furan rings is 1. The number of ether oxygens (including phenoxy) is 2. The second-order valence-corrected chi connectivity index (χ2v) is 7.85. The maximum atomic E-state index is 13.2. The van der Waals surface area contributed by atoms with Crippen molar-refractivity contribution >= 4 is 5.91 Å². The number of piperidine rings is 1. The smallest absolute Gasteiger partial charge is 0.289 e. The van der Waals surface area contributed by atoms with Gasteiger partial charge in [-0.1, -0.05) is 6.07 Å².